The first-order chi connectivity index (χ1) is 8.55. The lowest BCUT2D eigenvalue weighted by Gasteiger charge is -2.29. The van der Waals surface area contributed by atoms with Crippen molar-refractivity contribution in [3.8, 4) is 0 Å². The zero-order chi connectivity index (χ0) is 13.2. The molecule has 2 saturated carbocycles. The molecule has 3 atom stereocenters. The quantitative estimate of drug-likeness (QED) is 0.760. The second-order valence-electron chi connectivity index (χ2n) is 5.85. The van der Waals surface area contributed by atoms with E-state index in [9.17, 15) is 8.78 Å². The Kier molecular flexibility index (Phi) is 4.59. The van der Waals surface area contributed by atoms with Gasteiger partial charge in [-0.15, -0.1) is 0 Å². The number of rotatable bonds is 7. The van der Waals surface area contributed by atoms with Gasteiger partial charge >= 0.3 is 0 Å². The molecule has 0 radical (unpaired) electrons. The molecule has 106 valence electrons. The number of ether oxygens (including phenoxy) is 1. The molecule has 0 aromatic heterocycles. The van der Waals surface area contributed by atoms with Crippen LogP contribution in [0, 0.1) is 11.8 Å². The highest BCUT2D eigenvalue weighted by atomic mass is 19.3. The second-order valence-corrected chi connectivity index (χ2v) is 5.85. The van der Waals surface area contributed by atoms with Crippen LogP contribution in [0.4, 0.5) is 8.78 Å². The van der Waals surface area contributed by atoms with Gasteiger partial charge < -0.3 is 10.1 Å². The van der Waals surface area contributed by atoms with Gasteiger partial charge in [0.1, 0.15) is 0 Å². The van der Waals surface area contributed by atoms with Crippen LogP contribution in [0.5, 0.6) is 0 Å². The summed E-state index contributed by atoms with van der Waals surface area (Å²) in [5.41, 5.74) is 0. The van der Waals surface area contributed by atoms with Gasteiger partial charge in [0, 0.05) is 25.5 Å². The summed E-state index contributed by atoms with van der Waals surface area (Å²) in [5, 5.41) is 3.29. The summed E-state index contributed by atoms with van der Waals surface area (Å²) in [5.74, 6) is -1.63. The summed E-state index contributed by atoms with van der Waals surface area (Å²) in [6.45, 7) is 2.71. The van der Waals surface area contributed by atoms with Crippen molar-refractivity contribution < 1.29 is 13.5 Å². The minimum atomic E-state index is -2.43. The zero-order valence-corrected chi connectivity index (χ0v) is 11.4. The Balaban J connectivity index is 1.87. The maximum atomic E-state index is 13.2. The van der Waals surface area contributed by atoms with Crippen LogP contribution in [0.3, 0.4) is 0 Å². The third-order valence-corrected chi connectivity index (χ3v) is 4.31. The normalized spacial score (nSPS) is 30.3. The maximum Gasteiger partial charge on any atom is 0.248 e. The molecule has 0 saturated heterocycles. The first kappa shape index (κ1) is 14.2. The Morgan fingerprint density at radius 3 is 2.50 bits per heavy atom. The van der Waals surface area contributed by atoms with Gasteiger partial charge in [0.2, 0.25) is 5.92 Å². The number of hydrogen-bond acceptors (Lipinski definition) is 2. The van der Waals surface area contributed by atoms with Crippen LogP contribution in [0.1, 0.15) is 45.4 Å². The predicted octanol–water partition coefficient (Wildman–Crippen LogP) is 3.22. The summed E-state index contributed by atoms with van der Waals surface area (Å²) >= 11 is 0. The van der Waals surface area contributed by atoms with Crippen LogP contribution in [-0.4, -0.2) is 31.7 Å². The van der Waals surface area contributed by atoms with Gasteiger partial charge in [-0.3, -0.25) is 0 Å². The molecule has 0 heterocycles. The first-order valence-corrected chi connectivity index (χ1v) is 7.22. The zero-order valence-electron chi connectivity index (χ0n) is 11.4. The van der Waals surface area contributed by atoms with Crippen molar-refractivity contribution in [2.45, 2.75) is 63.5 Å². The monoisotopic (exact) mass is 261 g/mol. The van der Waals surface area contributed by atoms with E-state index in [4.69, 9.17) is 4.74 Å². The van der Waals surface area contributed by atoms with E-state index in [1.807, 2.05) is 14.0 Å². The summed E-state index contributed by atoms with van der Waals surface area (Å²) in [7, 11) is 1.92. The lowest BCUT2D eigenvalue weighted by Crippen LogP contribution is -2.42. The average Bonchev–Trinajstić information content (AvgIpc) is 3.09. The Hall–Kier alpha value is -0.220. The second kappa shape index (κ2) is 5.83. The molecule has 2 rings (SSSR count). The van der Waals surface area contributed by atoms with Gasteiger partial charge in [-0.1, -0.05) is 0 Å². The molecule has 2 aliphatic carbocycles. The molecule has 0 aromatic carbocycles. The summed E-state index contributed by atoms with van der Waals surface area (Å²) in [6, 6.07) is 0.233. The van der Waals surface area contributed by atoms with Crippen molar-refractivity contribution in [1.82, 2.24) is 5.32 Å². The lowest BCUT2D eigenvalue weighted by atomic mass is 9.93. The van der Waals surface area contributed by atoms with Crippen LogP contribution >= 0.6 is 0 Å². The van der Waals surface area contributed by atoms with Crippen molar-refractivity contribution in [3.63, 3.8) is 0 Å². The van der Waals surface area contributed by atoms with Crippen molar-refractivity contribution in [2.24, 2.45) is 11.8 Å². The van der Waals surface area contributed by atoms with E-state index < -0.39 is 5.92 Å². The van der Waals surface area contributed by atoms with E-state index in [-0.39, 0.29) is 30.9 Å². The number of likely N-dealkylation sites (N-methyl/N-ethyl adjacent to an activating group) is 1. The Bertz CT molecular complexity index is 269. The van der Waals surface area contributed by atoms with E-state index in [2.05, 4.69) is 5.32 Å². The molecule has 2 aliphatic rings. The molecular formula is C14H25F2NO. The van der Waals surface area contributed by atoms with Crippen LogP contribution in [0.2, 0.25) is 0 Å². The van der Waals surface area contributed by atoms with Crippen LogP contribution in [-0.2, 0) is 4.74 Å². The molecule has 0 spiro atoms. The topological polar surface area (TPSA) is 21.3 Å². The summed E-state index contributed by atoms with van der Waals surface area (Å²) in [6.07, 6.45) is 4.29. The van der Waals surface area contributed by atoms with Crippen molar-refractivity contribution in [2.75, 3.05) is 13.7 Å². The SMILES string of the molecule is CCOC(C1CC1)C(CC1CCC(F)(F)C1)NC. The van der Waals surface area contributed by atoms with E-state index in [0.717, 1.165) is 6.42 Å². The van der Waals surface area contributed by atoms with E-state index in [1.165, 1.54) is 12.8 Å². The molecule has 18 heavy (non-hydrogen) atoms. The lowest BCUT2D eigenvalue weighted by molar-refractivity contribution is -0.00255. The van der Waals surface area contributed by atoms with E-state index in [1.54, 1.807) is 0 Å². The molecule has 0 amide bonds. The van der Waals surface area contributed by atoms with Crippen molar-refractivity contribution >= 4 is 0 Å². The van der Waals surface area contributed by atoms with E-state index >= 15 is 0 Å². The molecule has 3 unspecified atom stereocenters. The van der Waals surface area contributed by atoms with Crippen LogP contribution in [0.15, 0.2) is 0 Å². The first-order valence-electron chi connectivity index (χ1n) is 7.22. The fourth-order valence-corrected chi connectivity index (χ4v) is 3.22. The minimum absolute atomic E-state index is 0.0642. The molecular weight excluding hydrogens is 236 g/mol. The largest absolute Gasteiger partial charge is 0.377 e. The molecule has 2 nitrogen and oxygen atoms in total. The van der Waals surface area contributed by atoms with Crippen LogP contribution in [0.25, 0.3) is 0 Å². The molecule has 0 aliphatic heterocycles. The van der Waals surface area contributed by atoms with Gasteiger partial charge in [0.15, 0.2) is 0 Å². The number of nitrogens with one attached hydrogen (secondary N) is 1. The Morgan fingerprint density at radius 1 is 1.33 bits per heavy atom. The van der Waals surface area contributed by atoms with Gasteiger partial charge in [-0.25, -0.2) is 8.78 Å². The third-order valence-electron chi connectivity index (χ3n) is 4.31. The third kappa shape index (κ3) is 3.64. The highest BCUT2D eigenvalue weighted by molar-refractivity contribution is 4.93. The molecule has 0 bridgehead atoms. The molecule has 4 heteroatoms. The van der Waals surface area contributed by atoms with Crippen molar-refractivity contribution in [3.05, 3.63) is 0 Å². The average molecular weight is 261 g/mol. The molecule has 0 aromatic rings. The minimum Gasteiger partial charge on any atom is -0.377 e. The smallest absolute Gasteiger partial charge is 0.248 e. The molecule has 1 N–H and O–H groups in total. The summed E-state index contributed by atoms with van der Waals surface area (Å²) in [4.78, 5) is 0. The number of hydrogen-bond donors (Lipinski definition) is 1. The van der Waals surface area contributed by atoms with E-state index in [0.29, 0.717) is 18.9 Å². The highest BCUT2D eigenvalue weighted by Gasteiger charge is 2.42. The van der Waals surface area contributed by atoms with Crippen LogP contribution < -0.4 is 5.32 Å². The summed E-state index contributed by atoms with van der Waals surface area (Å²) < 4.78 is 32.3. The van der Waals surface area contributed by atoms with Gasteiger partial charge in [0.25, 0.3) is 0 Å². The van der Waals surface area contributed by atoms with Gasteiger partial charge in [0.05, 0.1) is 6.10 Å². The fourth-order valence-electron chi connectivity index (χ4n) is 3.22. The standard InChI is InChI=1S/C14H25F2NO/c1-3-18-13(11-4-5-11)12(17-2)8-10-6-7-14(15,16)9-10/h10-13,17H,3-9H2,1-2H3. The Labute approximate surface area is 108 Å². The highest BCUT2D eigenvalue weighted by Crippen LogP contribution is 2.43. The van der Waals surface area contributed by atoms with Gasteiger partial charge in [-0.05, 0) is 51.5 Å². The maximum absolute atomic E-state index is 13.2. The van der Waals surface area contributed by atoms with Crippen molar-refractivity contribution in [1.29, 1.82) is 0 Å². The predicted molar refractivity (Wildman–Crippen MR) is 67.9 cm³/mol. The fraction of sp³-hybridized carbons (Fsp3) is 1.00. The Morgan fingerprint density at radius 2 is 2.06 bits per heavy atom. The van der Waals surface area contributed by atoms with Gasteiger partial charge in [-0.2, -0.15) is 0 Å². The number of halogens is 2. The molecule has 2 fully saturated rings. The number of alkyl halides is 2.